The summed E-state index contributed by atoms with van der Waals surface area (Å²) in [6, 6.07) is -0.775. The van der Waals surface area contributed by atoms with Crippen LogP contribution < -0.4 is 11.1 Å². The lowest BCUT2D eigenvalue weighted by molar-refractivity contribution is -0.162. The Balaban J connectivity index is 2.32. The van der Waals surface area contributed by atoms with Crippen molar-refractivity contribution < 1.29 is 24.0 Å². The third-order valence-electron chi connectivity index (χ3n) is 3.45. The third-order valence-corrected chi connectivity index (χ3v) is 3.45. The van der Waals surface area contributed by atoms with Crippen molar-refractivity contribution in [3.63, 3.8) is 0 Å². The second kappa shape index (κ2) is 8.95. The summed E-state index contributed by atoms with van der Waals surface area (Å²) in [6.07, 6.45) is -0.662. The molecule has 3 N–H and O–H groups in total. The Hall–Kier alpha value is -1.71. The topological polar surface area (TPSA) is 114 Å². The lowest BCUT2D eigenvalue weighted by atomic mass is 10.1. The highest BCUT2D eigenvalue weighted by Gasteiger charge is 2.26. The maximum atomic E-state index is 12.2. The van der Waals surface area contributed by atoms with Crippen LogP contribution in [0.3, 0.4) is 0 Å². The Morgan fingerprint density at radius 2 is 1.75 bits per heavy atom. The number of rotatable bonds is 5. The van der Waals surface area contributed by atoms with Crippen LogP contribution in [0.15, 0.2) is 0 Å². The zero-order valence-electron chi connectivity index (χ0n) is 14.8. The number of imide groups is 1. The van der Waals surface area contributed by atoms with Gasteiger partial charge in [0.2, 0.25) is 11.8 Å². The molecule has 0 radical (unpaired) electrons. The SMILES string of the molecule is CON1CCN(C(=O)[C@@H](N)CCC(=O)NC(=O)OC(C)(C)C)CC1. The molecule has 9 nitrogen and oxygen atoms in total. The van der Waals surface area contributed by atoms with Crippen LogP contribution in [0.5, 0.6) is 0 Å². The zero-order valence-corrected chi connectivity index (χ0v) is 14.8. The molecule has 0 aromatic rings. The molecule has 0 aromatic heterocycles. The second-order valence-electron chi connectivity index (χ2n) is 6.63. The molecule has 1 aliphatic rings. The van der Waals surface area contributed by atoms with Gasteiger partial charge in [-0.25, -0.2) is 4.79 Å². The van der Waals surface area contributed by atoms with Crippen molar-refractivity contribution in [3.05, 3.63) is 0 Å². The van der Waals surface area contributed by atoms with E-state index >= 15 is 0 Å². The molecular formula is C15H28N4O5. The molecule has 0 saturated carbocycles. The van der Waals surface area contributed by atoms with E-state index in [1.165, 1.54) is 0 Å². The smallest absolute Gasteiger partial charge is 0.414 e. The van der Waals surface area contributed by atoms with E-state index in [2.05, 4.69) is 5.32 Å². The van der Waals surface area contributed by atoms with Crippen molar-refractivity contribution in [1.29, 1.82) is 0 Å². The van der Waals surface area contributed by atoms with Gasteiger partial charge < -0.3 is 20.2 Å². The average Bonchev–Trinajstić information content (AvgIpc) is 2.50. The lowest BCUT2D eigenvalue weighted by Crippen LogP contribution is -2.53. The van der Waals surface area contributed by atoms with E-state index in [9.17, 15) is 14.4 Å². The fourth-order valence-corrected chi connectivity index (χ4v) is 2.22. The summed E-state index contributed by atoms with van der Waals surface area (Å²) < 4.78 is 4.98. The van der Waals surface area contributed by atoms with Crippen LogP contribution in [-0.4, -0.2) is 72.8 Å². The highest BCUT2D eigenvalue weighted by Crippen LogP contribution is 2.08. The first-order chi connectivity index (χ1) is 11.1. The standard InChI is InChI=1S/C15H28N4O5/c1-15(2,3)24-14(22)17-12(20)6-5-11(16)13(21)18-7-9-19(23-4)10-8-18/h11H,5-10,16H2,1-4H3,(H,17,20,22)/t11-/m0/s1. The number of nitrogens with zero attached hydrogens (tertiary/aromatic N) is 2. The average molecular weight is 344 g/mol. The fraction of sp³-hybridized carbons (Fsp3) is 0.800. The van der Waals surface area contributed by atoms with E-state index < -0.39 is 23.6 Å². The van der Waals surface area contributed by atoms with Crippen LogP contribution in [0.2, 0.25) is 0 Å². The molecule has 1 saturated heterocycles. The summed E-state index contributed by atoms with van der Waals surface area (Å²) >= 11 is 0. The zero-order chi connectivity index (χ0) is 18.3. The predicted molar refractivity (Wildman–Crippen MR) is 86.7 cm³/mol. The number of nitrogens with one attached hydrogen (secondary N) is 1. The number of alkyl carbamates (subject to hydrolysis) is 1. The van der Waals surface area contributed by atoms with Crippen LogP contribution in [0.25, 0.3) is 0 Å². The van der Waals surface area contributed by atoms with Crippen LogP contribution in [-0.2, 0) is 19.2 Å². The second-order valence-corrected chi connectivity index (χ2v) is 6.63. The highest BCUT2D eigenvalue weighted by atomic mass is 16.7. The molecular weight excluding hydrogens is 316 g/mol. The van der Waals surface area contributed by atoms with Gasteiger partial charge in [0.05, 0.1) is 13.2 Å². The normalized spacial score (nSPS) is 17.3. The molecule has 1 rings (SSSR count). The van der Waals surface area contributed by atoms with Gasteiger partial charge in [0.15, 0.2) is 0 Å². The van der Waals surface area contributed by atoms with Crippen LogP contribution in [0, 0.1) is 0 Å². The van der Waals surface area contributed by atoms with E-state index in [4.69, 9.17) is 15.3 Å². The number of hydrogen-bond donors (Lipinski definition) is 2. The van der Waals surface area contributed by atoms with Crippen molar-refractivity contribution in [3.8, 4) is 0 Å². The van der Waals surface area contributed by atoms with Gasteiger partial charge in [0, 0.05) is 32.6 Å². The van der Waals surface area contributed by atoms with Crippen molar-refractivity contribution in [2.45, 2.75) is 45.3 Å². The molecule has 1 aliphatic heterocycles. The molecule has 0 aromatic carbocycles. The van der Waals surface area contributed by atoms with Crippen molar-refractivity contribution in [2.24, 2.45) is 5.73 Å². The van der Waals surface area contributed by atoms with Gasteiger partial charge in [-0.2, -0.15) is 5.06 Å². The van der Waals surface area contributed by atoms with E-state index in [0.717, 1.165) is 0 Å². The van der Waals surface area contributed by atoms with Crippen LogP contribution in [0.4, 0.5) is 4.79 Å². The van der Waals surface area contributed by atoms with E-state index in [1.54, 1.807) is 37.8 Å². The first-order valence-electron chi connectivity index (χ1n) is 7.98. The summed E-state index contributed by atoms with van der Waals surface area (Å²) in [7, 11) is 1.59. The molecule has 24 heavy (non-hydrogen) atoms. The number of amides is 3. The maximum Gasteiger partial charge on any atom is 0.414 e. The minimum atomic E-state index is -0.803. The molecule has 1 fully saturated rings. The fourth-order valence-electron chi connectivity index (χ4n) is 2.22. The molecule has 138 valence electrons. The summed E-state index contributed by atoms with van der Waals surface area (Å²) in [4.78, 5) is 42.2. The third kappa shape index (κ3) is 7.24. The number of carbonyl (C=O) groups is 3. The maximum absolute atomic E-state index is 12.2. The molecule has 1 heterocycles. The molecule has 9 heteroatoms. The Morgan fingerprint density at radius 3 is 2.25 bits per heavy atom. The largest absolute Gasteiger partial charge is 0.444 e. The van der Waals surface area contributed by atoms with Gasteiger partial charge in [-0.15, -0.1) is 0 Å². The Kier molecular flexibility index (Phi) is 7.59. The minimum Gasteiger partial charge on any atom is -0.444 e. The summed E-state index contributed by atoms with van der Waals surface area (Å²) in [6.45, 7) is 7.41. The van der Waals surface area contributed by atoms with Gasteiger partial charge in [-0.3, -0.25) is 14.9 Å². The van der Waals surface area contributed by atoms with Gasteiger partial charge in [-0.05, 0) is 27.2 Å². The quantitative estimate of drug-likeness (QED) is 0.713. The van der Waals surface area contributed by atoms with E-state index in [1.807, 2.05) is 0 Å². The first kappa shape index (κ1) is 20.3. The molecule has 0 bridgehead atoms. The van der Waals surface area contributed by atoms with E-state index in [-0.39, 0.29) is 18.7 Å². The van der Waals surface area contributed by atoms with Crippen LogP contribution in [0.1, 0.15) is 33.6 Å². The summed E-state index contributed by atoms with van der Waals surface area (Å²) in [5.41, 5.74) is 5.18. The number of nitrogens with two attached hydrogens (primary N) is 1. The number of carbonyl (C=O) groups excluding carboxylic acids is 3. The summed E-state index contributed by atoms with van der Waals surface area (Å²) in [5, 5.41) is 3.89. The van der Waals surface area contributed by atoms with Gasteiger partial charge >= 0.3 is 6.09 Å². The lowest BCUT2D eigenvalue weighted by Gasteiger charge is -2.34. The van der Waals surface area contributed by atoms with Gasteiger partial charge in [0.25, 0.3) is 0 Å². The summed E-state index contributed by atoms with van der Waals surface area (Å²) in [5.74, 6) is -0.715. The number of hydroxylamine groups is 2. The number of ether oxygens (including phenoxy) is 1. The number of hydrogen-bond acceptors (Lipinski definition) is 7. The molecule has 3 amide bonds. The van der Waals surface area contributed by atoms with E-state index in [0.29, 0.717) is 26.2 Å². The van der Waals surface area contributed by atoms with Crippen molar-refractivity contribution in [1.82, 2.24) is 15.3 Å². The number of piperazine rings is 1. The van der Waals surface area contributed by atoms with Crippen LogP contribution >= 0.6 is 0 Å². The molecule has 0 spiro atoms. The Morgan fingerprint density at radius 1 is 1.17 bits per heavy atom. The van der Waals surface area contributed by atoms with Crippen molar-refractivity contribution in [2.75, 3.05) is 33.3 Å². The Bertz CT molecular complexity index is 455. The predicted octanol–water partition coefficient (Wildman–Crippen LogP) is -0.149. The minimum absolute atomic E-state index is 0.0236. The molecule has 1 atom stereocenters. The molecule has 0 aliphatic carbocycles. The van der Waals surface area contributed by atoms with Gasteiger partial charge in [-0.1, -0.05) is 0 Å². The Labute approximate surface area is 142 Å². The first-order valence-corrected chi connectivity index (χ1v) is 7.98. The van der Waals surface area contributed by atoms with Crippen molar-refractivity contribution >= 4 is 17.9 Å². The monoisotopic (exact) mass is 344 g/mol. The van der Waals surface area contributed by atoms with Gasteiger partial charge in [0.1, 0.15) is 5.60 Å². The molecule has 0 unspecified atom stereocenters. The highest BCUT2D eigenvalue weighted by molar-refractivity contribution is 5.92.